The molecule has 0 atom stereocenters. The highest BCUT2D eigenvalue weighted by atomic mass is 32.1. The van der Waals surface area contributed by atoms with Crippen LogP contribution in [0.3, 0.4) is 0 Å². The molecule has 0 unspecified atom stereocenters. The molecular weight excluding hydrogens is 218 g/mol. The third-order valence-corrected chi connectivity index (χ3v) is 3.44. The number of carbonyl (C=O) groups is 1. The van der Waals surface area contributed by atoms with Crippen LogP contribution in [0.4, 0.5) is 0 Å². The minimum Gasteiger partial charge on any atom is -0.352 e. The zero-order valence-corrected chi connectivity index (χ0v) is 11.4. The second-order valence-corrected chi connectivity index (χ2v) is 5.89. The molecule has 0 aliphatic carbocycles. The van der Waals surface area contributed by atoms with E-state index in [0.717, 1.165) is 24.9 Å². The quantitative estimate of drug-likeness (QED) is 0.838. The second kappa shape index (κ2) is 6.04. The fraction of sp³-hybridized carbons (Fsp3) is 0.615. The number of thiophene rings is 1. The Hall–Kier alpha value is -0.830. The first-order valence-corrected chi connectivity index (χ1v) is 6.73. The molecule has 0 fully saturated rings. The summed E-state index contributed by atoms with van der Waals surface area (Å²) >= 11 is 1.74. The first-order chi connectivity index (χ1) is 7.54. The lowest BCUT2D eigenvalue weighted by molar-refractivity contribution is 0.0948. The van der Waals surface area contributed by atoms with Crippen LogP contribution in [0.25, 0.3) is 0 Å². The highest BCUT2D eigenvalue weighted by Gasteiger charge is 2.13. The summed E-state index contributed by atoms with van der Waals surface area (Å²) in [7, 11) is 0. The number of amides is 1. The van der Waals surface area contributed by atoms with Gasteiger partial charge in [-0.2, -0.15) is 0 Å². The van der Waals surface area contributed by atoms with Crippen molar-refractivity contribution in [1.82, 2.24) is 5.32 Å². The van der Waals surface area contributed by atoms with Crippen molar-refractivity contribution in [2.75, 3.05) is 6.54 Å². The molecule has 90 valence electrons. The Bertz CT molecular complexity index is 355. The predicted molar refractivity (Wildman–Crippen MR) is 70.2 cm³/mol. The zero-order valence-electron chi connectivity index (χ0n) is 10.6. The molecule has 1 heterocycles. The number of rotatable bonds is 5. The van der Waals surface area contributed by atoms with Crippen molar-refractivity contribution in [2.45, 2.75) is 40.5 Å². The van der Waals surface area contributed by atoms with Gasteiger partial charge >= 0.3 is 0 Å². The topological polar surface area (TPSA) is 29.1 Å². The molecule has 3 heteroatoms. The van der Waals surface area contributed by atoms with Crippen molar-refractivity contribution in [1.29, 1.82) is 0 Å². The van der Waals surface area contributed by atoms with Crippen molar-refractivity contribution in [3.05, 3.63) is 21.4 Å². The molecule has 0 aromatic carbocycles. The molecule has 0 aliphatic rings. The van der Waals surface area contributed by atoms with Crippen LogP contribution < -0.4 is 5.32 Å². The lowest BCUT2D eigenvalue weighted by atomic mass is 10.1. The van der Waals surface area contributed by atoms with Gasteiger partial charge in [-0.25, -0.2) is 0 Å². The number of hydrogen-bond donors (Lipinski definition) is 1. The molecule has 0 aliphatic heterocycles. The van der Waals surface area contributed by atoms with Gasteiger partial charge in [0.25, 0.3) is 5.91 Å². The van der Waals surface area contributed by atoms with E-state index in [0.29, 0.717) is 5.92 Å². The maximum atomic E-state index is 12.0. The van der Waals surface area contributed by atoms with Crippen LogP contribution in [0.5, 0.6) is 0 Å². The van der Waals surface area contributed by atoms with Gasteiger partial charge in [0.2, 0.25) is 0 Å². The third kappa shape index (κ3) is 3.63. The van der Waals surface area contributed by atoms with E-state index in [2.05, 4.69) is 33.0 Å². The molecule has 1 rings (SSSR count). The smallest absolute Gasteiger partial charge is 0.252 e. The SMILES string of the molecule is CCCc1sc(C)cc1C(=O)NCC(C)C. The van der Waals surface area contributed by atoms with Crippen LogP contribution in [0.1, 0.15) is 47.3 Å². The highest BCUT2D eigenvalue weighted by molar-refractivity contribution is 7.12. The summed E-state index contributed by atoms with van der Waals surface area (Å²) < 4.78 is 0. The van der Waals surface area contributed by atoms with E-state index in [9.17, 15) is 4.79 Å². The average molecular weight is 239 g/mol. The van der Waals surface area contributed by atoms with E-state index in [1.165, 1.54) is 9.75 Å². The van der Waals surface area contributed by atoms with Crippen LogP contribution in [0, 0.1) is 12.8 Å². The molecule has 0 bridgehead atoms. The van der Waals surface area contributed by atoms with Crippen LogP contribution in [0.15, 0.2) is 6.07 Å². The Morgan fingerprint density at radius 3 is 2.75 bits per heavy atom. The van der Waals surface area contributed by atoms with Crippen LogP contribution in [0.2, 0.25) is 0 Å². The zero-order chi connectivity index (χ0) is 12.1. The Morgan fingerprint density at radius 1 is 1.50 bits per heavy atom. The van der Waals surface area contributed by atoms with Gasteiger partial charge in [-0.3, -0.25) is 4.79 Å². The van der Waals surface area contributed by atoms with Crippen molar-refractivity contribution in [2.24, 2.45) is 5.92 Å². The molecule has 1 aromatic rings. The Labute approximate surface area is 102 Å². The van der Waals surface area contributed by atoms with Crippen LogP contribution in [-0.4, -0.2) is 12.5 Å². The normalized spacial score (nSPS) is 10.8. The summed E-state index contributed by atoms with van der Waals surface area (Å²) in [5, 5.41) is 2.98. The summed E-state index contributed by atoms with van der Waals surface area (Å²) in [6, 6.07) is 2.01. The molecule has 0 saturated heterocycles. The van der Waals surface area contributed by atoms with E-state index >= 15 is 0 Å². The first kappa shape index (κ1) is 13.2. The third-order valence-electron chi connectivity index (χ3n) is 2.32. The van der Waals surface area contributed by atoms with Crippen molar-refractivity contribution >= 4 is 17.2 Å². The Balaban J connectivity index is 2.73. The molecule has 0 radical (unpaired) electrons. The Kier molecular flexibility index (Phi) is 5.00. The van der Waals surface area contributed by atoms with Crippen LogP contribution >= 0.6 is 11.3 Å². The molecule has 1 N–H and O–H groups in total. The predicted octanol–water partition coefficient (Wildman–Crippen LogP) is 3.39. The summed E-state index contributed by atoms with van der Waals surface area (Å²) in [5.41, 5.74) is 0.880. The van der Waals surface area contributed by atoms with E-state index in [1.54, 1.807) is 11.3 Å². The van der Waals surface area contributed by atoms with E-state index < -0.39 is 0 Å². The monoisotopic (exact) mass is 239 g/mol. The number of hydrogen-bond acceptors (Lipinski definition) is 2. The molecule has 0 saturated carbocycles. The fourth-order valence-electron chi connectivity index (χ4n) is 1.56. The van der Waals surface area contributed by atoms with Crippen LogP contribution in [-0.2, 0) is 6.42 Å². The molecule has 16 heavy (non-hydrogen) atoms. The summed E-state index contributed by atoms with van der Waals surface area (Å²) in [6.45, 7) is 9.16. The van der Waals surface area contributed by atoms with Gasteiger partial charge in [0, 0.05) is 16.3 Å². The van der Waals surface area contributed by atoms with Gasteiger partial charge in [0.15, 0.2) is 0 Å². The molecular formula is C13H21NOS. The van der Waals surface area contributed by atoms with Crippen molar-refractivity contribution < 1.29 is 4.79 Å². The minimum atomic E-state index is 0.0847. The van der Waals surface area contributed by atoms with Gasteiger partial charge in [-0.05, 0) is 25.3 Å². The largest absolute Gasteiger partial charge is 0.352 e. The van der Waals surface area contributed by atoms with E-state index in [4.69, 9.17) is 0 Å². The maximum Gasteiger partial charge on any atom is 0.252 e. The number of aryl methyl sites for hydroxylation is 2. The minimum absolute atomic E-state index is 0.0847. The standard InChI is InChI=1S/C13H21NOS/c1-5-6-12-11(7-10(4)16-12)13(15)14-8-9(2)3/h7,9H,5-6,8H2,1-4H3,(H,14,15). The average Bonchev–Trinajstić information content (AvgIpc) is 2.56. The van der Waals surface area contributed by atoms with E-state index in [-0.39, 0.29) is 5.91 Å². The number of carbonyl (C=O) groups excluding carboxylic acids is 1. The fourth-order valence-corrected chi connectivity index (χ4v) is 2.69. The summed E-state index contributed by atoms with van der Waals surface area (Å²) in [4.78, 5) is 14.4. The molecule has 0 spiro atoms. The van der Waals surface area contributed by atoms with Crippen molar-refractivity contribution in [3.63, 3.8) is 0 Å². The number of nitrogens with one attached hydrogen (secondary N) is 1. The molecule has 1 amide bonds. The summed E-state index contributed by atoms with van der Waals surface area (Å²) in [6.07, 6.45) is 2.09. The summed E-state index contributed by atoms with van der Waals surface area (Å²) in [5.74, 6) is 0.583. The molecule has 2 nitrogen and oxygen atoms in total. The molecule has 1 aromatic heterocycles. The van der Waals surface area contributed by atoms with E-state index in [1.807, 2.05) is 6.07 Å². The lowest BCUT2D eigenvalue weighted by Crippen LogP contribution is -2.27. The van der Waals surface area contributed by atoms with Crippen molar-refractivity contribution in [3.8, 4) is 0 Å². The van der Waals surface area contributed by atoms with Gasteiger partial charge in [0.05, 0.1) is 5.56 Å². The maximum absolute atomic E-state index is 12.0. The van der Waals surface area contributed by atoms with Gasteiger partial charge in [0.1, 0.15) is 0 Å². The lowest BCUT2D eigenvalue weighted by Gasteiger charge is -2.07. The van der Waals surface area contributed by atoms with Gasteiger partial charge in [-0.15, -0.1) is 11.3 Å². The van der Waals surface area contributed by atoms with Gasteiger partial charge in [-0.1, -0.05) is 27.2 Å². The highest BCUT2D eigenvalue weighted by Crippen LogP contribution is 2.23. The van der Waals surface area contributed by atoms with Gasteiger partial charge < -0.3 is 5.32 Å². The second-order valence-electron chi connectivity index (χ2n) is 4.55. The first-order valence-electron chi connectivity index (χ1n) is 5.92. The Morgan fingerprint density at radius 2 is 2.19 bits per heavy atom.